The zero-order chi connectivity index (χ0) is 16.1. The number of hydrogen-bond donors (Lipinski definition) is 2. The van der Waals surface area contributed by atoms with Crippen LogP contribution in [-0.4, -0.2) is 10.4 Å². The molecular weight excluding hydrogens is 306 g/mol. The smallest absolute Gasteiger partial charge is 0.248 e. The molecule has 0 spiro atoms. The highest BCUT2D eigenvalue weighted by Crippen LogP contribution is 2.25. The summed E-state index contributed by atoms with van der Waals surface area (Å²) in [5.41, 5.74) is 1.83. The van der Waals surface area contributed by atoms with Gasteiger partial charge in [-0.25, -0.2) is 0 Å². The summed E-state index contributed by atoms with van der Waals surface area (Å²) in [6.07, 6.45) is 2.89. The molecule has 23 heavy (non-hydrogen) atoms. The Morgan fingerprint density at radius 2 is 1.83 bits per heavy atom. The Morgan fingerprint density at radius 1 is 1.00 bits per heavy atom. The van der Waals surface area contributed by atoms with Crippen molar-refractivity contribution in [3.63, 3.8) is 0 Å². The standard InChI is InChI=1S/C19H19NO2S/c21-18-13-12-15-16(20-18)9-5-10-17(15)22-19(23)11-4-8-14-6-2-1-3-7-14/h1-3,5-7,9-10,12-13,19,23H,4,8,11H2,(H,20,21). The molecule has 0 amide bonds. The van der Waals surface area contributed by atoms with Gasteiger partial charge in [-0.1, -0.05) is 36.4 Å². The normalized spacial score (nSPS) is 12.2. The maximum absolute atomic E-state index is 11.4. The minimum absolute atomic E-state index is 0.111. The molecule has 0 aliphatic heterocycles. The van der Waals surface area contributed by atoms with Gasteiger partial charge < -0.3 is 9.72 Å². The molecule has 2 aromatic carbocycles. The molecule has 3 rings (SSSR count). The van der Waals surface area contributed by atoms with Gasteiger partial charge in [-0.15, -0.1) is 12.6 Å². The molecule has 1 atom stereocenters. The summed E-state index contributed by atoms with van der Waals surface area (Å²) >= 11 is 4.54. The maximum Gasteiger partial charge on any atom is 0.248 e. The number of hydrogen-bond acceptors (Lipinski definition) is 3. The first kappa shape index (κ1) is 15.7. The fourth-order valence-corrected chi connectivity index (χ4v) is 2.89. The number of aryl methyl sites for hydroxylation is 1. The third kappa shape index (κ3) is 4.17. The summed E-state index contributed by atoms with van der Waals surface area (Å²) in [5.74, 6) is 0.749. The van der Waals surface area contributed by atoms with E-state index in [0.29, 0.717) is 0 Å². The van der Waals surface area contributed by atoms with Crippen LogP contribution in [0.3, 0.4) is 0 Å². The van der Waals surface area contributed by atoms with Crippen molar-refractivity contribution in [3.8, 4) is 5.75 Å². The van der Waals surface area contributed by atoms with Crippen LogP contribution in [0.4, 0.5) is 0 Å². The van der Waals surface area contributed by atoms with Gasteiger partial charge in [0, 0.05) is 11.5 Å². The maximum atomic E-state index is 11.4. The van der Waals surface area contributed by atoms with Crippen molar-refractivity contribution in [2.24, 2.45) is 0 Å². The number of nitrogens with one attached hydrogen (secondary N) is 1. The zero-order valence-electron chi connectivity index (χ0n) is 12.7. The number of thiol groups is 1. The third-order valence-electron chi connectivity index (χ3n) is 3.75. The Balaban J connectivity index is 1.61. The molecule has 3 nitrogen and oxygen atoms in total. The molecule has 0 fully saturated rings. The molecule has 1 unspecified atom stereocenters. The van der Waals surface area contributed by atoms with Crippen LogP contribution in [0.2, 0.25) is 0 Å². The molecule has 0 aliphatic carbocycles. The van der Waals surface area contributed by atoms with Crippen LogP contribution in [0, 0.1) is 0 Å². The van der Waals surface area contributed by atoms with Crippen LogP contribution in [0.1, 0.15) is 18.4 Å². The highest BCUT2D eigenvalue weighted by molar-refractivity contribution is 7.80. The molecule has 0 bridgehead atoms. The van der Waals surface area contributed by atoms with Crippen LogP contribution in [-0.2, 0) is 6.42 Å². The van der Waals surface area contributed by atoms with E-state index >= 15 is 0 Å². The Morgan fingerprint density at radius 3 is 2.65 bits per heavy atom. The van der Waals surface area contributed by atoms with E-state index in [-0.39, 0.29) is 11.0 Å². The molecule has 0 saturated heterocycles. The SMILES string of the molecule is O=c1ccc2c(OC(S)CCCc3ccccc3)cccc2[nH]1. The number of fused-ring (bicyclic) bond motifs is 1. The Labute approximate surface area is 140 Å². The second-order valence-corrected chi connectivity index (χ2v) is 6.07. The van der Waals surface area contributed by atoms with Crippen molar-refractivity contribution in [1.82, 2.24) is 4.98 Å². The van der Waals surface area contributed by atoms with E-state index in [4.69, 9.17) is 4.74 Å². The van der Waals surface area contributed by atoms with Gasteiger partial charge in [0.25, 0.3) is 0 Å². The highest BCUT2D eigenvalue weighted by Gasteiger charge is 2.08. The Hall–Kier alpha value is -2.20. The van der Waals surface area contributed by atoms with Crippen LogP contribution < -0.4 is 10.3 Å². The van der Waals surface area contributed by atoms with E-state index in [1.54, 1.807) is 6.07 Å². The number of aromatic amines is 1. The molecule has 0 saturated carbocycles. The van der Waals surface area contributed by atoms with Crippen LogP contribution in [0.15, 0.2) is 65.5 Å². The van der Waals surface area contributed by atoms with Gasteiger partial charge in [-0.2, -0.15) is 0 Å². The fourth-order valence-electron chi connectivity index (χ4n) is 2.59. The number of benzene rings is 2. The molecule has 1 heterocycles. The summed E-state index contributed by atoms with van der Waals surface area (Å²) < 4.78 is 5.95. The van der Waals surface area contributed by atoms with E-state index < -0.39 is 0 Å². The van der Waals surface area contributed by atoms with Crippen LogP contribution in [0.5, 0.6) is 5.75 Å². The number of rotatable bonds is 6. The summed E-state index contributed by atoms with van der Waals surface area (Å²) in [4.78, 5) is 14.2. The quantitative estimate of drug-likeness (QED) is 0.527. The van der Waals surface area contributed by atoms with Crippen molar-refractivity contribution >= 4 is 23.5 Å². The fraction of sp³-hybridized carbons (Fsp3) is 0.211. The minimum Gasteiger partial charge on any atom is -0.479 e. The molecule has 118 valence electrons. The highest BCUT2D eigenvalue weighted by atomic mass is 32.1. The number of aromatic nitrogens is 1. The first-order valence-electron chi connectivity index (χ1n) is 7.73. The lowest BCUT2D eigenvalue weighted by Gasteiger charge is -2.15. The van der Waals surface area contributed by atoms with E-state index in [0.717, 1.165) is 35.9 Å². The van der Waals surface area contributed by atoms with Gasteiger partial charge in [0.2, 0.25) is 5.56 Å². The lowest BCUT2D eigenvalue weighted by Crippen LogP contribution is -2.10. The van der Waals surface area contributed by atoms with E-state index in [2.05, 4.69) is 41.9 Å². The van der Waals surface area contributed by atoms with Crippen molar-refractivity contribution in [1.29, 1.82) is 0 Å². The number of H-pyrrole nitrogens is 1. The zero-order valence-corrected chi connectivity index (χ0v) is 13.6. The van der Waals surface area contributed by atoms with Gasteiger partial charge in [0.15, 0.2) is 0 Å². The van der Waals surface area contributed by atoms with E-state index in [9.17, 15) is 4.79 Å². The monoisotopic (exact) mass is 325 g/mol. The summed E-state index contributed by atoms with van der Waals surface area (Å²) in [6.45, 7) is 0. The van der Waals surface area contributed by atoms with Gasteiger partial charge >= 0.3 is 0 Å². The first-order valence-corrected chi connectivity index (χ1v) is 8.25. The van der Waals surface area contributed by atoms with Gasteiger partial charge in [-0.3, -0.25) is 4.79 Å². The summed E-state index contributed by atoms with van der Waals surface area (Å²) in [7, 11) is 0. The molecule has 1 N–H and O–H groups in total. The summed E-state index contributed by atoms with van der Waals surface area (Å²) in [6, 6.07) is 19.4. The van der Waals surface area contributed by atoms with Crippen molar-refractivity contribution < 1.29 is 4.74 Å². The van der Waals surface area contributed by atoms with Crippen LogP contribution >= 0.6 is 12.6 Å². The van der Waals surface area contributed by atoms with Gasteiger partial charge in [0.1, 0.15) is 11.2 Å². The predicted molar refractivity (Wildman–Crippen MR) is 97.4 cm³/mol. The molecule has 4 heteroatoms. The lowest BCUT2D eigenvalue weighted by molar-refractivity contribution is 0.279. The molecular formula is C19H19NO2S. The second-order valence-electron chi connectivity index (χ2n) is 5.49. The lowest BCUT2D eigenvalue weighted by atomic mass is 10.1. The first-order chi connectivity index (χ1) is 11.2. The average molecular weight is 325 g/mol. The summed E-state index contributed by atoms with van der Waals surface area (Å²) in [5, 5.41) is 0.897. The van der Waals surface area contributed by atoms with Crippen molar-refractivity contribution in [2.75, 3.05) is 0 Å². The van der Waals surface area contributed by atoms with Gasteiger partial charge in [-0.05, 0) is 43.0 Å². The average Bonchev–Trinajstić information content (AvgIpc) is 2.56. The molecule has 3 aromatic rings. The van der Waals surface area contributed by atoms with E-state index in [1.165, 1.54) is 11.6 Å². The van der Waals surface area contributed by atoms with Gasteiger partial charge in [0.05, 0.1) is 5.52 Å². The topological polar surface area (TPSA) is 42.1 Å². The number of ether oxygens (including phenoxy) is 1. The Bertz CT molecular complexity index is 829. The van der Waals surface area contributed by atoms with E-state index in [1.807, 2.05) is 24.3 Å². The Kier molecular flexibility index (Phi) is 5.03. The van der Waals surface area contributed by atoms with Crippen LogP contribution in [0.25, 0.3) is 10.9 Å². The second kappa shape index (κ2) is 7.38. The van der Waals surface area contributed by atoms with Crippen molar-refractivity contribution in [2.45, 2.75) is 24.7 Å². The number of pyridine rings is 1. The third-order valence-corrected chi connectivity index (χ3v) is 4.11. The molecule has 0 radical (unpaired) electrons. The molecule has 1 aromatic heterocycles. The predicted octanol–water partition coefficient (Wildman–Crippen LogP) is 4.19. The molecule has 0 aliphatic rings. The van der Waals surface area contributed by atoms with Crippen molar-refractivity contribution in [3.05, 3.63) is 76.6 Å². The largest absolute Gasteiger partial charge is 0.479 e. The minimum atomic E-state index is -0.170.